The first-order chi connectivity index (χ1) is 15.7. The number of thiophene rings is 1. The number of carbonyl (C=O) groups is 1. The molecule has 0 saturated carbocycles. The van der Waals surface area contributed by atoms with Gasteiger partial charge in [0.15, 0.2) is 0 Å². The van der Waals surface area contributed by atoms with Crippen molar-refractivity contribution in [1.29, 1.82) is 0 Å². The molecule has 0 aliphatic carbocycles. The predicted molar refractivity (Wildman–Crippen MR) is 122 cm³/mol. The summed E-state index contributed by atoms with van der Waals surface area (Å²) in [6, 6.07) is 21.8. The quantitative estimate of drug-likeness (QED) is 0.384. The molecule has 1 atom stereocenters. The van der Waals surface area contributed by atoms with Crippen LogP contribution < -0.4 is 4.74 Å². The SMILES string of the molecule is O=C1CC(c2nc(-c3ccc(OCc4ccccc4)cc3)no2)CN1CCc1cccs1. The van der Waals surface area contributed by atoms with Gasteiger partial charge in [-0.1, -0.05) is 41.6 Å². The molecule has 5 rings (SSSR count). The Morgan fingerprint density at radius 2 is 1.91 bits per heavy atom. The maximum atomic E-state index is 12.4. The second kappa shape index (κ2) is 9.36. The second-order valence-electron chi connectivity index (χ2n) is 7.83. The Morgan fingerprint density at radius 3 is 2.69 bits per heavy atom. The van der Waals surface area contributed by atoms with Crippen molar-refractivity contribution in [1.82, 2.24) is 15.0 Å². The topological polar surface area (TPSA) is 68.5 Å². The lowest BCUT2D eigenvalue weighted by Crippen LogP contribution is -2.27. The molecule has 0 N–H and O–H groups in total. The van der Waals surface area contributed by atoms with E-state index < -0.39 is 0 Å². The van der Waals surface area contributed by atoms with Crippen molar-refractivity contribution in [3.8, 4) is 17.1 Å². The first-order valence-corrected chi connectivity index (χ1v) is 11.5. The molecule has 1 fully saturated rings. The van der Waals surface area contributed by atoms with Crippen LogP contribution in [-0.2, 0) is 17.8 Å². The molecule has 3 heterocycles. The Labute approximate surface area is 190 Å². The van der Waals surface area contributed by atoms with E-state index in [4.69, 9.17) is 9.26 Å². The van der Waals surface area contributed by atoms with E-state index in [1.165, 1.54) is 4.88 Å². The minimum absolute atomic E-state index is 0.0550. The Hall–Kier alpha value is -3.45. The van der Waals surface area contributed by atoms with E-state index in [1.807, 2.05) is 65.6 Å². The largest absolute Gasteiger partial charge is 0.489 e. The molecule has 162 valence electrons. The third-order valence-electron chi connectivity index (χ3n) is 5.57. The lowest BCUT2D eigenvalue weighted by atomic mass is 10.1. The van der Waals surface area contributed by atoms with Crippen molar-refractivity contribution < 1.29 is 14.1 Å². The number of rotatable bonds is 8. The van der Waals surface area contributed by atoms with Gasteiger partial charge in [-0.15, -0.1) is 11.3 Å². The van der Waals surface area contributed by atoms with Gasteiger partial charge in [0, 0.05) is 30.0 Å². The van der Waals surface area contributed by atoms with Gasteiger partial charge in [-0.3, -0.25) is 4.79 Å². The van der Waals surface area contributed by atoms with E-state index in [0.29, 0.717) is 31.3 Å². The summed E-state index contributed by atoms with van der Waals surface area (Å²) < 4.78 is 11.4. The minimum atomic E-state index is -0.0550. The number of aromatic nitrogens is 2. The van der Waals surface area contributed by atoms with Crippen LogP contribution in [0.5, 0.6) is 5.75 Å². The summed E-state index contributed by atoms with van der Waals surface area (Å²) in [5.41, 5.74) is 1.97. The summed E-state index contributed by atoms with van der Waals surface area (Å²) in [5, 5.41) is 6.20. The van der Waals surface area contributed by atoms with E-state index in [0.717, 1.165) is 29.8 Å². The van der Waals surface area contributed by atoms with Crippen molar-refractivity contribution in [2.45, 2.75) is 25.4 Å². The highest BCUT2D eigenvalue weighted by molar-refractivity contribution is 7.09. The third kappa shape index (κ3) is 4.73. The molecule has 7 heteroatoms. The first-order valence-electron chi connectivity index (χ1n) is 10.7. The Kier molecular flexibility index (Phi) is 5.98. The molecule has 32 heavy (non-hydrogen) atoms. The Balaban J connectivity index is 1.18. The van der Waals surface area contributed by atoms with Crippen LogP contribution in [0.25, 0.3) is 11.4 Å². The van der Waals surface area contributed by atoms with Crippen LogP contribution in [0.15, 0.2) is 76.6 Å². The summed E-state index contributed by atoms with van der Waals surface area (Å²) in [6.45, 7) is 1.87. The van der Waals surface area contributed by atoms with Crippen LogP contribution in [0, 0.1) is 0 Å². The van der Waals surface area contributed by atoms with Crippen molar-refractivity contribution >= 4 is 17.2 Å². The van der Waals surface area contributed by atoms with Gasteiger partial charge in [0.05, 0.1) is 5.92 Å². The molecule has 1 unspecified atom stereocenters. The number of benzene rings is 2. The smallest absolute Gasteiger partial charge is 0.232 e. The number of hydrogen-bond donors (Lipinski definition) is 0. The lowest BCUT2D eigenvalue weighted by Gasteiger charge is -2.15. The second-order valence-corrected chi connectivity index (χ2v) is 8.86. The number of likely N-dealkylation sites (tertiary alicyclic amines) is 1. The zero-order valence-electron chi connectivity index (χ0n) is 17.5. The molecule has 0 radical (unpaired) electrons. The molecule has 2 aromatic heterocycles. The standard InChI is InChI=1S/C25H23N3O3S/c29-23-15-20(16-28(23)13-12-22-7-4-14-32-22)25-26-24(27-31-25)19-8-10-21(11-9-19)30-17-18-5-2-1-3-6-18/h1-11,14,20H,12-13,15-17H2. The summed E-state index contributed by atoms with van der Waals surface area (Å²) in [5.74, 6) is 1.92. The van der Waals surface area contributed by atoms with Crippen molar-refractivity contribution in [2.24, 2.45) is 0 Å². The number of amides is 1. The van der Waals surface area contributed by atoms with Gasteiger partial charge in [0.1, 0.15) is 12.4 Å². The maximum absolute atomic E-state index is 12.4. The van der Waals surface area contributed by atoms with Crippen molar-refractivity contribution in [2.75, 3.05) is 13.1 Å². The molecule has 0 bridgehead atoms. The van der Waals surface area contributed by atoms with Crippen LogP contribution in [0.1, 0.15) is 28.7 Å². The number of hydrogen-bond acceptors (Lipinski definition) is 6. The molecule has 2 aromatic carbocycles. The molecule has 1 saturated heterocycles. The fourth-order valence-corrected chi connectivity index (χ4v) is 4.51. The predicted octanol–water partition coefficient (Wildman–Crippen LogP) is 4.94. The van der Waals surface area contributed by atoms with E-state index in [2.05, 4.69) is 21.6 Å². The van der Waals surface area contributed by atoms with E-state index in [9.17, 15) is 4.79 Å². The molecule has 4 aromatic rings. The van der Waals surface area contributed by atoms with Gasteiger partial charge in [0.2, 0.25) is 17.6 Å². The number of carbonyl (C=O) groups excluding carboxylic acids is 1. The zero-order chi connectivity index (χ0) is 21.8. The van der Waals surface area contributed by atoms with Gasteiger partial charge < -0.3 is 14.2 Å². The highest BCUT2D eigenvalue weighted by atomic mass is 32.1. The van der Waals surface area contributed by atoms with Crippen molar-refractivity contribution in [3.05, 3.63) is 88.4 Å². The van der Waals surface area contributed by atoms with E-state index >= 15 is 0 Å². The summed E-state index contributed by atoms with van der Waals surface area (Å²) in [4.78, 5) is 20.2. The maximum Gasteiger partial charge on any atom is 0.232 e. The average molecular weight is 446 g/mol. The highest BCUT2D eigenvalue weighted by Gasteiger charge is 2.34. The van der Waals surface area contributed by atoms with Crippen LogP contribution in [0.4, 0.5) is 0 Å². The van der Waals surface area contributed by atoms with Gasteiger partial charge in [-0.25, -0.2) is 0 Å². The molecule has 0 spiro atoms. The van der Waals surface area contributed by atoms with Crippen LogP contribution in [-0.4, -0.2) is 34.0 Å². The monoisotopic (exact) mass is 445 g/mol. The van der Waals surface area contributed by atoms with E-state index in [1.54, 1.807) is 11.3 Å². The lowest BCUT2D eigenvalue weighted by molar-refractivity contribution is -0.127. The zero-order valence-corrected chi connectivity index (χ0v) is 18.3. The molecule has 6 nitrogen and oxygen atoms in total. The Bertz CT molecular complexity index is 1160. The molecule has 1 aliphatic rings. The van der Waals surface area contributed by atoms with Crippen molar-refractivity contribution in [3.63, 3.8) is 0 Å². The number of nitrogens with zero attached hydrogens (tertiary/aromatic N) is 3. The van der Waals surface area contributed by atoms with Crippen LogP contribution in [0.2, 0.25) is 0 Å². The number of ether oxygens (including phenoxy) is 1. The minimum Gasteiger partial charge on any atom is -0.489 e. The first kappa shape index (κ1) is 20.5. The van der Waals surface area contributed by atoms with Gasteiger partial charge in [-0.2, -0.15) is 4.98 Å². The normalized spacial score (nSPS) is 15.9. The fraction of sp³-hybridized carbons (Fsp3) is 0.240. The summed E-state index contributed by atoms with van der Waals surface area (Å²) in [7, 11) is 0. The molecule has 1 amide bonds. The highest BCUT2D eigenvalue weighted by Crippen LogP contribution is 2.29. The molecular formula is C25H23N3O3S. The summed E-state index contributed by atoms with van der Waals surface area (Å²) >= 11 is 1.72. The fourth-order valence-electron chi connectivity index (χ4n) is 3.81. The van der Waals surface area contributed by atoms with Crippen LogP contribution >= 0.6 is 11.3 Å². The van der Waals surface area contributed by atoms with E-state index in [-0.39, 0.29) is 11.8 Å². The van der Waals surface area contributed by atoms with Gasteiger partial charge >= 0.3 is 0 Å². The summed E-state index contributed by atoms with van der Waals surface area (Å²) in [6.07, 6.45) is 1.29. The third-order valence-corrected chi connectivity index (χ3v) is 6.51. The molecular weight excluding hydrogens is 422 g/mol. The molecule has 1 aliphatic heterocycles. The average Bonchev–Trinajstić information content (AvgIpc) is 3.59. The Morgan fingerprint density at radius 1 is 1.06 bits per heavy atom. The van der Waals surface area contributed by atoms with Crippen LogP contribution in [0.3, 0.4) is 0 Å². The van der Waals surface area contributed by atoms with Gasteiger partial charge in [-0.05, 0) is 47.7 Å². The van der Waals surface area contributed by atoms with Gasteiger partial charge in [0.25, 0.3) is 0 Å².